The summed E-state index contributed by atoms with van der Waals surface area (Å²) in [6.07, 6.45) is 0. The molecular weight excluding hydrogens is 526 g/mol. The lowest BCUT2D eigenvalue weighted by atomic mass is 9.94. The summed E-state index contributed by atoms with van der Waals surface area (Å²) in [7, 11) is -1.48. The molecule has 3 aromatic rings. The van der Waals surface area contributed by atoms with Crippen LogP contribution < -0.4 is 18.5 Å². The summed E-state index contributed by atoms with van der Waals surface area (Å²) >= 11 is 3.42. The first-order valence-electron chi connectivity index (χ1n) is 10.1. The zero-order chi connectivity index (χ0) is 24.0. The Hall–Kier alpha value is -3.50. The number of hydrogen-bond donors (Lipinski definition) is 0. The van der Waals surface area contributed by atoms with Gasteiger partial charge in [-0.2, -0.15) is 0 Å². The van der Waals surface area contributed by atoms with Crippen LogP contribution in [-0.4, -0.2) is 35.4 Å². The zero-order valence-corrected chi connectivity index (χ0v) is 20.5. The lowest BCUT2D eigenvalue weighted by molar-refractivity contribution is -0.136. The minimum absolute atomic E-state index is 0.0199. The maximum absolute atomic E-state index is 13.9. The molecule has 0 aromatic heterocycles. The van der Waals surface area contributed by atoms with Gasteiger partial charge < -0.3 is 18.9 Å². The molecule has 0 saturated carbocycles. The van der Waals surface area contributed by atoms with Crippen LogP contribution >= 0.6 is 15.9 Å². The molecule has 0 aliphatic carbocycles. The van der Waals surface area contributed by atoms with Crippen molar-refractivity contribution in [3.05, 3.63) is 82.0 Å². The molecule has 5 rings (SSSR count). The molecule has 2 aliphatic heterocycles. The predicted molar refractivity (Wildman–Crippen MR) is 127 cm³/mol. The van der Waals surface area contributed by atoms with E-state index in [9.17, 15) is 13.2 Å². The fourth-order valence-corrected chi connectivity index (χ4v) is 6.36. The zero-order valence-electron chi connectivity index (χ0n) is 18.1. The van der Waals surface area contributed by atoms with E-state index in [0.717, 1.165) is 4.31 Å². The van der Waals surface area contributed by atoms with Crippen LogP contribution in [0.3, 0.4) is 0 Å². The highest BCUT2D eigenvalue weighted by Gasteiger charge is 2.42. The number of hydrogen-bond acceptors (Lipinski definition) is 7. The Morgan fingerprint density at radius 1 is 1.03 bits per heavy atom. The third-order valence-electron chi connectivity index (χ3n) is 5.51. The Balaban J connectivity index is 1.92. The largest absolute Gasteiger partial charge is 0.493 e. The van der Waals surface area contributed by atoms with Gasteiger partial charge in [0, 0.05) is 15.6 Å². The van der Waals surface area contributed by atoms with Gasteiger partial charge in [-0.05, 0) is 51.8 Å². The Morgan fingerprint density at radius 3 is 2.50 bits per heavy atom. The smallest absolute Gasteiger partial charge is 0.356 e. The fraction of sp³-hybridized carbons (Fsp3) is 0.125. The number of sulfonamides is 1. The number of carbonyl (C=O) groups excluding carboxylic acids is 1. The molecular formula is C24H18BrNO7S. The number of methoxy groups -OCH3 is 2. The van der Waals surface area contributed by atoms with Crippen LogP contribution in [0, 0.1) is 0 Å². The number of anilines is 1. The maximum atomic E-state index is 13.9. The topological polar surface area (TPSA) is 91.4 Å². The molecule has 0 N–H and O–H groups in total. The average molecular weight is 544 g/mol. The van der Waals surface area contributed by atoms with Gasteiger partial charge in [-0.15, -0.1) is 0 Å². The number of esters is 1. The normalized spacial score (nSPS) is 15.7. The first-order valence-corrected chi connectivity index (χ1v) is 12.3. The van der Waals surface area contributed by atoms with E-state index in [2.05, 4.69) is 15.9 Å². The first-order chi connectivity index (χ1) is 16.4. The van der Waals surface area contributed by atoms with Crippen molar-refractivity contribution in [2.75, 3.05) is 25.3 Å². The van der Waals surface area contributed by atoms with Gasteiger partial charge in [-0.3, -0.25) is 0 Å². The number of carbonyl (C=O) groups is 1. The molecule has 0 fully saturated rings. The van der Waals surface area contributed by atoms with E-state index in [1.165, 1.54) is 20.3 Å². The van der Waals surface area contributed by atoms with Crippen molar-refractivity contribution in [3.63, 3.8) is 0 Å². The summed E-state index contributed by atoms with van der Waals surface area (Å²) in [5.41, 5.74) is 1.31. The van der Waals surface area contributed by atoms with E-state index in [1.807, 2.05) is 0 Å². The van der Waals surface area contributed by atoms with Crippen LogP contribution in [0.25, 0.3) is 5.57 Å². The molecule has 0 saturated heterocycles. The van der Waals surface area contributed by atoms with Gasteiger partial charge in [0.2, 0.25) is 12.5 Å². The highest BCUT2D eigenvalue weighted by atomic mass is 79.9. The second kappa shape index (κ2) is 8.37. The molecule has 2 heterocycles. The molecule has 0 bridgehead atoms. The lowest BCUT2D eigenvalue weighted by Gasteiger charge is -2.33. The van der Waals surface area contributed by atoms with Gasteiger partial charge in [0.05, 0.1) is 24.8 Å². The highest BCUT2D eigenvalue weighted by molar-refractivity contribution is 9.10. The fourth-order valence-electron chi connectivity index (χ4n) is 4.06. The minimum atomic E-state index is -4.17. The second-order valence-electron chi connectivity index (χ2n) is 7.34. The van der Waals surface area contributed by atoms with E-state index < -0.39 is 16.0 Å². The number of fused-ring (bicyclic) bond motifs is 2. The summed E-state index contributed by atoms with van der Waals surface area (Å²) in [4.78, 5) is 13.3. The van der Waals surface area contributed by atoms with Crippen LogP contribution in [0.4, 0.5) is 5.69 Å². The molecule has 0 unspecified atom stereocenters. The number of ether oxygens (including phenoxy) is 4. The average Bonchev–Trinajstić information content (AvgIpc) is 3.32. The quantitative estimate of drug-likeness (QED) is 0.452. The molecule has 0 radical (unpaired) electrons. The molecule has 3 aromatic carbocycles. The number of halogens is 1. The molecule has 8 nitrogen and oxygen atoms in total. The van der Waals surface area contributed by atoms with Crippen LogP contribution in [-0.2, 0) is 19.6 Å². The van der Waals surface area contributed by atoms with Gasteiger partial charge >= 0.3 is 5.97 Å². The van der Waals surface area contributed by atoms with E-state index >= 15 is 0 Å². The number of para-hydroxylation sites is 1. The molecule has 174 valence electrons. The maximum Gasteiger partial charge on any atom is 0.356 e. The monoisotopic (exact) mass is 543 g/mol. The summed E-state index contributed by atoms with van der Waals surface area (Å²) in [6.45, 7) is 0.0199. The van der Waals surface area contributed by atoms with Crippen LogP contribution in [0.15, 0.2) is 75.7 Å². The Kier molecular flexibility index (Phi) is 5.49. The Bertz CT molecular complexity index is 1470. The van der Waals surface area contributed by atoms with E-state index in [-0.39, 0.29) is 23.1 Å². The third-order valence-corrected chi connectivity index (χ3v) is 7.95. The van der Waals surface area contributed by atoms with Crippen molar-refractivity contribution in [1.82, 2.24) is 0 Å². The number of rotatable bonds is 4. The van der Waals surface area contributed by atoms with Crippen LogP contribution in [0.1, 0.15) is 11.1 Å². The number of benzene rings is 3. The minimum Gasteiger partial charge on any atom is -0.493 e. The second-order valence-corrected chi connectivity index (χ2v) is 9.95. The lowest BCUT2D eigenvalue weighted by Crippen LogP contribution is -2.39. The Labute approximate surface area is 204 Å². The van der Waals surface area contributed by atoms with E-state index in [4.69, 9.17) is 18.9 Å². The Morgan fingerprint density at radius 2 is 1.76 bits per heavy atom. The third kappa shape index (κ3) is 3.33. The highest BCUT2D eigenvalue weighted by Crippen LogP contribution is 2.49. The van der Waals surface area contributed by atoms with E-state index in [0.29, 0.717) is 38.4 Å². The van der Waals surface area contributed by atoms with Gasteiger partial charge in [-0.25, -0.2) is 17.5 Å². The van der Waals surface area contributed by atoms with Crippen molar-refractivity contribution in [3.8, 4) is 17.2 Å². The van der Waals surface area contributed by atoms with Crippen molar-refractivity contribution >= 4 is 43.2 Å². The summed E-state index contributed by atoms with van der Waals surface area (Å²) in [6, 6.07) is 16.6. The van der Waals surface area contributed by atoms with Crippen molar-refractivity contribution in [2.24, 2.45) is 0 Å². The van der Waals surface area contributed by atoms with Gasteiger partial charge in [0.15, 0.2) is 17.2 Å². The van der Waals surface area contributed by atoms with Crippen LogP contribution in [0.5, 0.6) is 17.2 Å². The molecule has 34 heavy (non-hydrogen) atoms. The molecule has 10 heteroatoms. The first kappa shape index (κ1) is 22.3. The number of nitrogens with zero attached hydrogens (tertiary/aromatic N) is 1. The SMILES string of the molecule is COC(=O)C1=C(c2cc(OC)c3c(c2)OCO3)c2ccccc2S(=O)(=O)N1c1ccccc1Br. The van der Waals surface area contributed by atoms with Crippen molar-refractivity contribution in [2.45, 2.75) is 4.90 Å². The van der Waals surface area contributed by atoms with Gasteiger partial charge in [0.25, 0.3) is 10.0 Å². The van der Waals surface area contributed by atoms with Gasteiger partial charge in [0.1, 0.15) is 0 Å². The summed E-state index contributed by atoms with van der Waals surface area (Å²) in [5.74, 6) is 0.427. The van der Waals surface area contributed by atoms with Crippen molar-refractivity contribution < 1.29 is 32.2 Å². The molecule has 0 spiro atoms. The van der Waals surface area contributed by atoms with E-state index in [1.54, 1.807) is 54.6 Å². The van der Waals surface area contributed by atoms with Crippen molar-refractivity contribution in [1.29, 1.82) is 0 Å². The molecule has 0 atom stereocenters. The predicted octanol–water partition coefficient (Wildman–Crippen LogP) is 4.33. The van der Waals surface area contributed by atoms with Gasteiger partial charge in [-0.1, -0.05) is 30.3 Å². The standard InChI is InChI=1S/C24H18BrNO7S/c1-30-18-11-14(12-19-23(18)33-13-32-19)21-15-7-3-6-10-20(15)34(28,29)26(22(21)24(27)31-2)17-9-5-4-8-16(17)25/h3-12H,13H2,1-2H3. The molecule has 2 aliphatic rings. The summed E-state index contributed by atoms with van der Waals surface area (Å²) in [5, 5.41) is 0. The van der Waals surface area contributed by atoms with Crippen LogP contribution in [0.2, 0.25) is 0 Å². The molecule has 0 amide bonds. The summed E-state index contributed by atoms with van der Waals surface area (Å²) < 4.78 is 50.9.